The second-order valence-electron chi connectivity index (χ2n) is 4.33. The Hall–Kier alpha value is -0.150. The molecule has 108 valence electrons. The average Bonchev–Trinajstić information content (AvgIpc) is 2.58. The minimum atomic E-state index is -3.88. The van der Waals surface area contributed by atoms with E-state index in [9.17, 15) is 13.2 Å². The standard InChI is InChI=1S/C10H13BrClNO4S2/c1-5(2)3-7(10(14)15)13-19(16,17)8-4-6(12)9(11)18-8/h4-5,7,13H,3H2,1-2H3,(H,14,15)/t7-/m0/s1. The number of aliphatic carboxylic acids is 1. The average molecular weight is 391 g/mol. The maximum Gasteiger partial charge on any atom is 0.321 e. The molecule has 2 N–H and O–H groups in total. The van der Waals surface area contributed by atoms with Gasteiger partial charge in [-0.15, -0.1) is 11.3 Å². The fourth-order valence-corrected chi connectivity index (χ4v) is 4.99. The summed E-state index contributed by atoms with van der Waals surface area (Å²) in [7, 11) is -3.88. The minimum absolute atomic E-state index is 0.0145. The van der Waals surface area contributed by atoms with Crippen molar-refractivity contribution in [3.63, 3.8) is 0 Å². The first kappa shape index (κ1) is 16.9. The molecule has 0 radical (unpaired) electrons. The molecule has 0 spiro atoms. The summed E-state index contributed by atoms with van der Waals surface area (Å²) < 4.78 is 26.8. The molecule has 0 bridgehead atoms. The molecule has 0 fully saturated rings. The van der Waals surface area contributed by atoms with Crippen molar-refractivity contribution in [3.05, 3.63) is 14.9 Å². The number of hydrogen-bond donors (Lipinski definition) is 2. The van der Waals surface area contributed by atoms with Crippen LogP contribution in [0, 0.1) is 5.92 Å². The normalized spacial score (nSPS) is 13.7. The zero-order valence-electron chi connectivity index (χ0n) is 10.2. The van der Waals surface area contributed by atoms with E-state index in [0.29, 0.717) is 3.79 Å². The van der Waals surface area contributed by atoms with Gasteiger partial charge in [-0.2, -0.15) is 4.72 Å². The topological polar surface area (TPSA) is 83.5 Å². The van der Waals surface area contributed by atoms with Crippen molar-refractivity contribution < 1.29 is 18.3 Å². The van der Waals surface area contributed by atoms with E-state index in [1.807, 2.05) is 13.8 Å². The third kappa shape index (κ3) is 4.71. The monoisotopic (exact) mass is 389 g/mol. The molecule has 1 heterocycles. The fraction of sp³-hybridized carbons (Fsp3) is 0.500. The van der Waals surface area contributed by atoms with Crippen molar-refractivity contribution in [2.24, 2.45) is 5.92 Å². The van der Waals surface area contributed by atoms with E-state index in [1.165, 1.54) is 6.07 Å². The lowest BCUT2D eigenvalue weighted by atomic mass is 10.1. The van der Waals surface area contributed by atoms with E-state index in [4.69, 9.17) is 16.7 Å². The maximum atomic E-state index is 12.1. The summed E-state index contributed by atoms with van der Waals surface area (Å²) in [6, 6.07) is 0.136. The van der Waals surface area contributed by atoms with Gasteiger partial charge in [0.05, 0.1) is 8.81 Å². The summed E-state index contributed by atoms with van der Waals surface area (Å²) in [5.74, 6) is -1.14. The number of thiophene rings is 1. The number of carboxylic acid groups (broad SMARTS) is 1. The fourth-order valence-electron chi connectivity index (χ4n) is 1.38. The molecule has 0 aliphatic rings. The van der Waals surface area contributed by atoms with Crippen LogP contribution in [-0.4, -0.2) is 25.5 Å². The van der Waals surface area contributed by atoms with Crippen LogP contribution in [-0.2, 0) is 14.8 Å². The summed E-state index contributed by atoms with van der Waals surface area (Å²) in [6.45, 7) is 3.64. The van der Waals surface area contributed by atoms with Gasteiger partial charge in [-0.3, -0.25) is 4.79 Å². The summed E-state index contributed by atoms with van der Waals surface area (Å²) >= 11 is 9.83. The van der Waals surface area contributed by atoms with Gasteiger partial charge >= 0.3 is 5.97 Å². The molecule has 0 unspecified atom stereocenters. The predicted molar refractivity (Wildman–Crippen MR) is 78.2 cm³/mol. The van der Waals surface area contributed by atoms with E-state index in [0.717, 1.165) is 11.3 Å². The Morgan fingerprint density at radius 3 is 2.53 bits per heavy atom. The van der Waals surface area contributed by atoms with Gasteiger partial charge in [0, 0.05) is 0 Å². The highest BCUT2D eigenvalue weighted by Gasteiger charge is 2.27. The first-order valence-corrected chi connectivity index (χ1v) is 8.80. The molecule has 0 aliphatic carbocycles. The van der Waals surface area contributed by atoms with Crippen molar-refractivity contribution in [2.75, 3.05) is 0 Å². The molecule has 1 rings (SSSR count). The van der Waals surface area contributed by atoms with Crippen LogP contribution >= 0.6 is 38.9 Å². The molecule has 0 aliphatic heterocycles. The summed E-state index contributed by atoms with van der Waals surface area (Å²) in [4.78, 5) is 11.1. The van der Waals surface area contributed by atoms with E-state index in [-0.39, 0.29) is 21.6 Å². The van der Waals surface area contributed by atoms with Crippen LogP contribution in [0.5, 0.6) is 0 Å². The Bertz CT molecular complexity index is 551. The third-order valence-corrected chi connectivity index (χ3v) is 6.61. The van der Waals surface area contributed by atoms with Gasteiger partial charge in [0.2, 0.25) is 0 Å². The summed E-state index contributed by atoms with van der Waals surface area (Å²) in [6.07, 6.45) is 0.217. The number of carbonyl (C=O) groups is 1. The Kier molecular flexibility index (Phi) is 5.81. The van der Waals surface area contributed by atoms with Crippen LogP contribution in [0.3, 0.4) is 0 Å². The highest BCUT2D eigenvalue weighted by atomic mass is 79.9. The molecular weight excluding hydrogens is 378 g/mol. The van der Waals surface area contributed by atoms with Crippen LogP contribution in [0.25, 0.3) is 0 Å². The van der Waals surface area contributed by atoms with Crippen LogP contribution in [0.1, 0.15) is 20.3 Å². The largest absolute Gasteiger partial charge is 0.480 e. The smallest absolute Gasteiger partial charge is 0.321 e. The molecule has 1 aromatic heterocycles. The molecule has 1 aromatic rings. The Balaban J connectivity index is 2.97. The van der Waals surface area contributed by atoms with E-state index in [1.54, 1.807) is 0 Å². The molecule has 0 saturated carbocycles. The van der Waals surface area contributed by atoms with Gasteiger partial charge in [-0.05, 0) is 34.3 Å². The lowest BCUT2D eigenvalue weighted by molar-refractivity contribution is -0.139. The highest BCUT2D eigenvalue weighted by molar-refractivity contribution is 9.11. The molecule has 0 aromatic carbocycles. The number of carboxylic acids is 1. The lowest BCUT2D eigenvalue weighted by Gasteiger charge is -2.15. The molecular formula is C10H13BrClNO4S2. The Morgan fingerprint density at radius 2 is 2.16 bits per heavy atom. The minimum Gasteiger partial charge on any atom is -0.480 e. The van der Waals surface area contributed by atoms with Crippen LogP contribution in [0.2, 0.25) is 5.02 Å². The molecule has 5 nitrogen and oxygen atoms in total. The van der Waals surface area contributed by atoms with Crippen LogP contribution in [0.4, 0.5) is 0 Å². The lowest BCUT2D eigenvalue weighted by Crippen LogP contribution is -2.41. The SMILES string of the molecule is CC(C)C[C@H](NS(=O)(=O)c1cc(Cl)c(Br)s1)C(=O)O. The summed E-state index contributed by atoms with van der Waals surface area (Å²) in [5.41, 5.74) is 0. The zero-order valence-corrected chi connectivity index (χ0v) is 14.2. The number of hydrogen-bond acceptors (Lipinski definition) is 4. The van der Waals surface area contributed by atoms with Crippen LogP contribution in [0.15, 0.2) is 14.1 Å². The number of nitrogens with one attached hydrogen (secondary N) is 1. The first-order chi connectivity index (χ1) is 8.63. The predicted octanol–water partition coefficient (Wildman–Crippen LogP) is 2.94. The van der Waals surface area contributed by atoms with Gasteiger partial charge in [0.25, 0.3) is 10.0 Å². The van der Waals surface area contributed by atoms with Crippen molar-refractivity contribution >= 4 is 54.9 Å². The molecule has 0 saturated heterocycles. The quantitative estimate of drug-likeness (QED) is 0.782. The summed E-state index contributed by atoms with van der Waals surface area (Å²) in [5, 5.41) is 9.31. The molecule has 9 heteroatoms. The van der Waals surface area contributed by atoms with Crippen LogP contribution < -0.4 is 4.72 Å². The van der Waals surface area contributed by atoms with Gasteiger partial charge in [0.1, 0.15) is 10.3 Å². The first-order valence-electron chi connectivity index (χ1n) is 5.33. The number of sulfonamides is 1. The molecule has 19 heavy (non-hydrogen) atoms. The number of halogens is 2. The van der Waals surface area contributed by atoms with Gasteiger partial charge in [-0.1, -0.05) is 25.4 Å². The second kappa shape index (κ2) is 6.53. The molecule has 0 amide bonds. The molecule has 1 atom stereocenters. The third-order valence-electron chi connectivity index (χ3n) is 2.19. The Labute approximate surface area is 129 Å². The van der Waals surface area contributed by atoms with Crippen molar-refractivity contribution in [3.8, 4) is 0 Å². The van der Waals surface area contributed by atoms with E-state index < -0.39 is 22.0 Å². The van der Waals surface area contributed by atoms with Gasteiger partial charge in [-0.25, -0.2) is 8.42 Å². The number of rotatable bonds is 6. The maximum absolute atomic E-state index is 12.1. The zero-order chi connectivity index (χ0) is 14.8. The second-order valence-corrected chi connectivity index (χ2v) is 9.05. The van der Waals surface area contributed by atoms with E-state index >= 15 is 0 Å². The van der Waals surface area contributed by atoms with Gasteiger partial charge < -0.3 is 5.11 Å². The van der Waals surface area contributed by atoms with E-state index in [2.05, 4.69) is 20.7 Å². The van der Waals surface area contributed by atoms with Crippen molar-refractivity contribution in [1.82, 2.24) is 4.72 Å². The Morgan fingerprint density at radius 1 is 1.58 bits per heavy atom. The van der Waals surface area contributed by atoms with Crippen molar-refractivity contribution in [1.29, 1.82) is 0 Å². The highest BCUT2D eigenvalue weighted by Crippen LogP contribution is 2.34. The van der Waals surface area contributed by atoms with Gasteiger partial charge in [0.15, 0.2) is 0 Å². The van der Waals surface area contributed by atoms with Crippen molar-refractivity contribution in [2.45, 2.75) is 30.5 Å².